The van der Waals surface area contributed by atoms with Gasteiger partial charge in [0.15, 0.2) is 0 Å². The number of esters is 1. The molecule has 0 fully saturated rings. The van der Waals surface area contributed by atoms with Crippen molar-refractivity contribution >= 4 is 5.97 Å². The van der Waals surface area contributed by atoms with E-state index in [1.54, 1.807) is 0 Å². The third-order valence-electron chi connectivity index (χ3n) is 3.76. The van der Waals surface area contributed by atoms with Crippen LogP contribution in [0.1, 0.15) is 38.2 Å². The van der Waals surface area contributed by atoms with Crippen molar-refractivity contribution in [1.29, 1.82) is 0 Å². The van der Waals surface area contributed by atoms with Crippen LogP contribution in [-0.4, -0.2) is 22.6 Å². The molecule has 0 aliphatic rings. The molecule has 0 aliphatic heterocycles. The van der Waals surface area contributed by atoms with Gasteiger partial charge in [0.05, 0.1) is 24.9 Å². The smallest absolute Gasteiger partial charge is 0.311 e. The first-order valence-electron chi connectivity index (χ1n) is 7.91. The maximum atomic E-state index is 11.7. The van der Waals surface area contributed by atoms with Gasteiger partial charge in [-0.1, -0.05) is 50.6 Å². The Morgan fingerprint density at radius 1 is 1.23 bits per heavy atom. The lowest BCUT2D eigenvalue weighted by Gasteiger charge is -2.12. The van der Waals surface area contributed by atoms with Crippen LogP contribution in [0.15, 0.2) is 30.3 Å². The van der Waals surface area contributed by atoms with Gasteiger partial charge < -0.3 is 9.30 Å². The number of aryl methyl sites for hydroxylation is 1. The maximum absolute atomic E-state index is 11.7. The van der Waals surface area contributed by atoms with Gasteiger partial charge in [-0.15, -0.1) is 0 Å². The van der Waals surface area contributed by atoms with Crippen LogP contribution < -0.4 is 0 Å². The van der Waals surface area contributed by atoms with E-state index in [2.05, 4.69) is 30.5 Å². The first kappa shape index (κ1) is 16.3. The molecule has 0 bridgehead atoms. The number of ether oxygens (including phenoxy) is 1. The van der Waals surface area contributed by atoms with Crippen LogP contribution in [0.4, 0.5) is 0 Å². The van der Waals surface area contributed by atoms with Gasteiger partial charge in [0.2, 0.25) is 0 Å². The average molecular weight is 300 g/mol. The van der Waals surface area contributed by atoms with Crippen molar-refractivity contribution in [2.75, 3.05) is 7.11 Å². The molecule has 118 valence electrons. The highest BCUT2D eigenvalue weighted by molar-refractivity contribution is 5.76. The van der Waals surface area contributed by atoms with E-state index in [0.717, 1.165) is 48.6 Å². The summed E-state index contributed by atoms with van der Waals surface area (Å²) in [6.45, 7) is 5.21. The number of rotatable bonds is 7. The molecule has 0 saturated heterocycles. The van der Waals surface area contributed by atoms with Gasteiger partial charge in [-0.2, -0.15) is 0 Å². The summed E-state index contributed by atoms with van der Waals surface area (Å²) >= 11 is 0. The summed E-state index contributed by atoms with van der Waals surface area (Å²) < 4.78 is 7.08. The van der Waals surface area contributed by atoms with Gasteiger partial charge in [-0.3, -0.25) is 4.79 Å². The normalized spacial score (nSPS) is 10.7. The number of hydrogen-bond donors (Lipinski definition) is 0. The molecule has 0 unspecified atom stereocenters. The SMILES string of the molecule is CCCCn1c(CC)nc(CC(=O)OC)c1-c1ccccc1. The van der Waals surface area contributed by atoms with Gasteiger partial charge >= 0.3 is 5.97 Å². The van der Waals surface area contributed by atoms with Crippen LogP contribution in [0, 0.1) is 0 Å². The Hall–Kier alpha value is -2.10. The van der Waals surface area contributed by atoms with Gasteiger partial charge in [-0.25, -0.2) is 4.98 Å². The standard InChI is InChI=1S/C18H24N2O2/c1-4-6-12-20-16(5-2)19-15(13-17(21)22-3)18(20)14-10-8-7-9-11-14/h7-11H,4-6,12-13H2,1-3H3. The van der Waals surface area contributed by atoms with Crippen LogP contribution in [-0.2, 0) is 28.9 Å². The summed E-state index contributed by atoms with van der Waals surface area (Å²) in [4.78, 5) is 16.4. The second-order valence-corrected chi connectivity index (χ2v) is 5.30. The molecule has 1 heterocycles. The van der Waals surface area contributed by atoms with E-state index in [4.69, 9.17) is 9.72 Å². The van der Waals surface area contributed by atoms with Crippen LogP contribution in [0.25, 0.3) is 11.3 Å². The number of hydrogen-bond acceptors (Lipinski definition) is 3. The van der Waals surface area contributed by atoms with Gasteiger partial charge in [-0.05, 0) is 6.42 Å². The molecule has 1 aromatic carbocycles. The topological polar surface area (TPSA) is 44.1 Å². The largest absolute Gasteiger partial charge is 0.469 e. The summed E-state index contributed by atoms with van der Waals surface area (Å²) in [6.07, 6.45) is 3.29. The molecule has 0 atom stereocenters. The average Bonchev–Trinajstić information content (AvgIpc) is 2.90. The van der Waals surface area contributed by atoms with Crippen LogP contribution in [0.3, 0.4) is 0 Å². The lowest BCUT2D eigenvalue weighted by atomic mass is 10.1. The molecule has 2 rings (SSSR count). The highest BCUT2D eigenvalue weighted by atomic mass is 16.5. The monoisotopic (exact) mass is 300 g/mol. The van der Waals surface area contributed by atoms with E-state index < -0.39 is 0 Å². The van der Waals surface area contributed by atoms with Crippen molar-refractivity contribution in [1.82, 2.24) is 9.55 Å². The van der Waals surface area contributed by atoms with E-state index in [9.17, 15) is 4.79 Å². The highest BCUT2D eigenvalue weighted by Crippen LogP contribution is 2.27. The van der Waals surface area contributed by atoms with Crippen molar-refractivity contribution in [3.05, 3.63) is 41.9 Å². The first-order valence-corrected chi connectivity index (χ1v) is 7.91. The van der Waals surface area contributed by atoms with E-state index in [-0.39, 0.29) is 12.4 Å². The Kier molecular flexibility index (Phi) is 5.75. The van der Waals surface area contributed by atoms with Crippen molar-refractivity contribution in [3.63, 3.8) is 0 Å². The number of imidazole rings is 1. The number of carbonyl (C=O) groups excluding carboxylic acids is 1. The quantitative estimate of drug-likeness (QED) is 0.733. The van der Waals surface area contributed by atoms with E-state index in [1.165, 1.54) is 7.11 Å². The van der Waals surface area contributed by atoms with Crippen LogP contribution >= 0.6 is 0 Å². The molecule has 4 nitrogen and oxygen atoms in total. The Labute approximate surface area is 132 Å². The van der Waals surface area contributed by atoms with Crippen LogP contribution in [0.5, 0.6) is 0 Å². The predicted molar refractivity (Wildman–Crippen MR) is 87.7 cm³/mol. The lowest BCUT2D eigenvalue weighted by Crippen LogP contribution is -2.07. The zero-order valence-electron chi connectivity index (χ0n) is 13.6. The Bertz CT molecular complexity index is 618. The fraction of sp³-hybridized carbons (Fsp3) is 0.444. The molecule has 0 radical (unpaired) electrons. The maximum Gasteiger partial charge on any atom is 0.311 e. The minimum Gasteiger partial charge on any atom is -0.469 e. The lowest BCUT2D eigenvalue weighted by molar-refractivity contribution is -0.139. The summed E-state index contributed by atoms with van der Waals surface area (Å²) in [5, 5.41) is 0. The molecular weight excluding hydrogens is 276 g/mol. The zero-order chi connectivity index (χ0) is 15.9. The molecule has 1 aromatic heterocycles. The predicted octanol–water partition coefficient (Wildman–Crippen LogP) is 3.63. The summed E-state index contributed by atoms with van der Waals surface area (Å²) in [6, 6.07) is 10.2. The molecule has 0 saturated carbocycles. The minimum absolute atomic E-state index is 0.215. The summed E-state index contributed by atoms with van der Waals surface area (Å²) in [5.74, 6) is 0.784. The molecular formula is C18H24N2O2. The zero-order valence-corrected chi connectivity index (χ0v) is 13.6. The number of unbranched alkanes of at least 4 members (excludes halogenated alkanes) is 1. The number of carbonyl (C=O) groups is 1. The molecule has 22 heavy (non-hydrogen) atoms. The molecule has 2 aromatic rings. The van der Waals surface area contributed by atoms with Crippen LogP contribution in [0.2, 0.25) is 0 Å². The summed E-state index contributed by atoms with van der Waals surface area (Å²) in [5.41, 5.74) is 2.96. The second-order valence-electron chi connectivity index (χ2n) is 5.30. The Morgan fingerprint density at radius 2 is 1.95 bits per heavy atom. The Balaban J connectivity index is 2.52. The molecule has 0 N–H and O–H groups in total. The number of aromatic nitrogens is 2. The molecule has 0 spiro atoms. The first-order chi connectivity index (χ1) is 10.7. The van der Waals surface area contributed by atoms with E-state index in [0.29, 0.717) is 0 Å². The van der Waals surface area contributed by atoms with Crippen molar-refractivity contribution in [2.45, 2.75) is 46.1 Å². The molecule has 0 aliphatic carbocycles. The van der Waals surface area contributed by atoms with E-state index >= 15 is 0 Å². The highest BCUT2D eigenvalue weighted by Gasteiger charge is 2.19. The van der Waals surface area contributed by atoms with E-state index in [1.807, 2.05) is 18.2 Å². The van der Waals surface area contributed by atoms with Gasteiger partial charge in [0, 0.05) is 18.5 Å². The molecule has 4 heteroatoms. The minimum atomic E-state index is -0.250. The molecule has 0 amide bonds. The third kappa shape index (κ3) is 3.56. The van der Waals surface area contributed by atoms with Crippen molar-refractivity contribution in [2.24, 2.45) is 0 Å². The number of nitrogens with zero attached hydrogens (tertiary/aromatic N) is 2. The second kappa shape index (κ2) is 7.78. The Morgan fingerprint density at radius 3 is 2.55 bits per heavy atom. The fourth-order valence-corrected chi connectivity index (χ4v) is 2.63. The van der Waals surface area contributed by atoms with Crippen molar-refractivity contribution < 1.29 is 9.53 Å². The van der Waals surface area contributed by atoms with Gasteiger partial charge in [0.25, 0.3) is 0 Å². The number of benzene rings is 1. The fourth-order valence-electron chi connectivity index (χ4n) is 2.63. The van der Waals surface area contributed by atoms with Gasteiger partial charge in [0.1, 0.15) is 5.82 Å². The number of methoxy groups -OCH3 is 1. The summed E-state index contributed by atoms with van der Waals surface area (Å²) in [7, 11) is 1.42. The third-order valence-corrected chi connectivity index (χ3v) is 3.76. The van der Waals surface area contributed by atoms with Crippen molar-refractivity contribution in [3.8, 4) is 11.3 Å².